The topological polar surface area (TPSA) is 163 Å². The van der Waals surface area contributed by atoms with E-state index in [9.17, 15) is 24.0 Å². The summed E-state index contributed by atoms with van der Waals surface area (Å²) in [6.45, 7) is 0.843. The lowest BCUT2D eigenvalue weighted by Crippen LogP contribution is -2.54. The summed E-state index contributed by atoms with van der Waals surface area (Å²) < 4.78 is 14.1. The molecule has 11 heteroatoms. The van der Waals surface area contributed by atoms with Crippen molar-refractivity contribution in [3.8, 4) is 0 Å². The number of alkyl carbamates (subject to hydrolysis) is 1. The molecule has 0 bridgehead atoms. The van der Waals surface area contributed by atoms with Gasteiger partial charge in [-0.3, -0.25) is 19.2 Å². The molecule has 0 fully saturated rings. The molecular formula is C19H25N3O8. The lowest BCUT2D eigenvalue weighted by Gasteiger charge is -2.26. The third kappa shape index (κ3) is 7.41. The maximum atomic E-state index is 12.1. The molecule has 0 aromatic heterocycles. The summed E-state index contributed by atoms with van der Waals surface area (Å²) in [7, 11) is 2.13. The first kappa shape index (κ1) is 24.4. The van der Waals surface area contributed by atoms with Gasteiger partial charge in [0, 0.05) is 5.92 Å². The first-order chi connectivity index (χ1) is 14.2. The van der Waals surface area contributed by atoms with E-state index < -0.39 is 54.3 Å². The number of primary amides is 1. The second-order valence-electron chi connectivity index (χ2n) is 6.25. The number of esters is 2. The van der Waals surface area contributed by atoms with Gasteiger partial charge in [0.05, 0.1) is 14.2 Å². The monoisotopic (exact) mass is 423 g/mol. The SMILES string of the molecule is COC(=O)C(C(=O)OC)[C@@H](C)[C@H](NC(=O)CNC(=O)OCc1ccccc1)C(N)=O. The molecule has 1 aromatic carbocycles. The molecule has 0 saturated heterocycles. The Labute approximate surface area is 173 Å². The molecule has 0 aliphatic rings. The van der Waals surface area contributed by atoms with E-state index in [1.165, 1.54) is 6.92 Å². The zero-order chi connectivity index (χ0) is 22.7. The van der Waals surface area contributed by atoms with Crippen LogP contribution in [-0.4, -0.2) is 56.7 Å². The lowest BCUT2D eigenvalue weighted by atomic mass is 9.87. The van der Waals surface area contributed by atoms with Crippen molar-refractivity contribution < 1.29 is 38.2 Å². The molecule has 0 spiro atoms. The largest absolute Gasteiger partial charge is 0.468 e. The highest BCUT2D eigenvalue weighted by Gasteiger charge is 2.41. The van der Waals surface area contributed by atoms with Crippen LogP contribution in [0.5, 0.6) is 0 Å². The molecule has 0 aliphatic carbocycles. The van der Waals surface area contributed by atoms with E-state index in [1.807, 2.05) is 6.07 Å². The highest BCUT2D eigenvalue weighted by molar-refractivity contribution is 5.97. The second-order valence-corrected chi connectivity index (χ2v) is 6.25. The van der Waals surface area contributed by atoms with Crippen LogP contribution in [0.1, 0.15) is 12.5 Å². The quantitative estimate of drug-likeness (QED) is 0.257. The molecule has 30 heavy (non-hydrogen) atoms. The Kier molecular flexibility index (Phi) is 9.80. The van der Waals surface area contributed by atoms with Gasteiger partial charge in [-0.2, -0.15) is 0 Å². The number of hydrogen-bond acceptors (Lipinski definition) is 8. The van der Waals surface area contributed by atoms with Gasteiger partial charge in [0.15, 0.2) is 5.92 Å². The number of nitrogens with one attached hydrogen (secondary N) is 2. The van der Waals surface area contributed by atoms with Crippen LogP contribution in [0.25, 0.3) is 0 Å². The maximum absolute atomic E-state index is 12.1. The van der Waals surface area contributed by atoms with Crippen molar-refractivity contribution >= 4 is 29.8 Å². The van der Waals surface area contributed by atoms with Crippen LogP contribution in [-0.2, 0) is 40.0 Å². The van der Waals surface area contributed by atoms with Gasteiger partial charge in [-0.05, 0) is 5.56 Å². The molecule has 164 valence electrons. The molecule has 1 aromatic rings. The number of methoxy groups -OCH3 is 2. The van der Waals surface area contributed by atoms with Crippen LogP contribution in [0.3, 0.4) is 0 Å². The Bertz CT molecular complexity index is 752. The highest BCUT2D eigenvalue weighted by atomic mass is 16.6. The van der Waals surface area contributed by atoms with Crippen molar-refractivity contribution in [2.75, 3.05) is 20.8 Å². The summed E-state index contributed by atoms with van der Waals surface area (Å²) >= 11 is 0. The van der Waals surface area contributed by atoms with Crippen LogP contribution in [0.15, 0.2) is 30.3 Å². The Balaban J connectivity index is 2.65. The zero-order valence-corrected chi connectivity index (χ0v) is 16.9. The first-order valence-corrected chi connectivity index (χ1v) is 8.90. The molecule has 0 aliphatic heterocycles. The number of carbonyl (C=O) groups is 5. The van der Waals surface area contributed by atoms with Crippen molar-refractivity contribution in [2.45, 2.75) is 19.6 Å². The number of benzene rings is 1. The van der Waals surface area contributed by atoms with Gasteiger partial charge in [0.25, 0.3) is 0 Å². The van der Waals surface area contributed by atoms with E-state index in [-0.39, 0.29) is 6.61 Å². The van der Waals surface area contributed by atoms with E-state index in [0.29, 0.717) is 0 Å². The molecule has 0 heterocycles. The molecule has 1 rings (SSSR count). The number of rotatable bonds is 10. The number of ether oxygens (including phenoxy) is 3. The van der Waals surface area contributed by atoms with Gasteiger partial charge in [-0.15, -0.1) is 0 Å². The molecule has 11 nitrogen and oxygen atoms in total. The van der Waals surface area contributed by atoms with Crippen LogP contribution >= 0.6 is 0 Å². The Morgan fingerprint density at radius 2 is 1.57 bits per heavy atom. The molecule has 0 unspecified atom stereocenters. The third-order valence-electron chi connectivity index (χ3n) is 4.19. The normalized spacial score (nSPS) is 12.3. The van der Waals surface area contributed by atoms with Crippen LogP contribution < -0.4 is 16.4 Å². The van der Waals surface area contributed by atoms with Crippen molar-refractivity contribution in [3.63, 3.8) is 0 Å². The minimum absolute atomic E-state index is 0.00910. The Morgan fingerprint density at radius 3 is 2.07 bits per heavy atom. The fraction of sp³-hybridized carbons (Fsp3) is 0.421. The number of carbonyl (C=O) groups excluding carboxylic acids is 5. The molecular weight excluding hydrogens is 398 g/mol. The Morgan fingerprint density at radius 1 is 1.00 bits per heavy atom. The molecule has 2 atom stereocenters. The molecule has 3 amide bonds. The van der Waals surface area contributed by atoms with Gasteiger partial charge in [-0.25, -0.2) is 4.79 Å². The van der Waals surface area contributed by atoms with E-state index in [4.69, 9.17) is 10.5 Å². The minimum Gasteiger partial charge on any atom is -0.468 e. The summed E-state index contributed by atoms with van der Waals surface area (Å²) in [6, 6.07) is 7.50. The predicted octanol–water partition coefficient (Wildman–Crippen LogP) is -0.519. The van der Waals surface area contributed by atoms with Crippen molar-refractivity contribution in [2.24, 2.45) is 17.6 Å². The second kappa shape index (κ2) is 12.0. The highest BCUT2D eigenvalue weighted by Crippen LogP contribution is 2.19. The van der Waals surface area contributed by atoms with Gasteiger partial charge < -0.3 is 30.6 Å². The smallest absolute Gasteiger partial charge is 0.407 e. The van der Waals surface area contributed by atoms with E-state index in [1.54, 1.807) is 24.3 Å². The fourth-order valence-electron chi connectivity index (χ4n) is 2.58. The minimum atomic E-state index is -1.48. The molecule has 4 N–H and O–H groups in total. The maximum Gasteiger partial charge on any atom is 0.407 e. The van der Waals surface area contributed by atoms with Gasteiger partial charge in [0.2, 0.25) is 11.8 Å². The summed E-state index contributed by atoms with van der Waals surface area (Å²) in [5.41, 5.74) is 6.07. The van der Waals surface area contributed by atoms with Gasteiger partial charge in [-0.1, -0.05) is 37.3 Å². The van der Waals surface area contributed by atoms with E-state index in [0.717, 1.165) is 19.8 Å². The van der Waals surface area contributed by atoms with Crippen LogP contribution in [0.4, 0.5) is 4.79 Å². The van der Waals surface area contributed by atoms with Crippen molar-refractivity contribution in [1.82, 2.24) is 10.6 Å². The first-order valence-electron chi connectivity index (χ1n) is 8.90. The Hall–Kier alpha value is -3.63. The molecule has 0 saturated carbocycles. The number of amides is 3. The standard InChI is InChI=1S/C19H25N3O8/c1-11(14(17(25)28-2)18(26)29-3)15(16(20)24)22-13(23)9-21-19(27)30-10-12-7-5-4-6-8-12/h4-8,11,14-15H,9-10H2,1-3H3,(H2,20,24)(H,21,27)(H,22,23)/t11-,15+/m1/s1. The summed E-state index contributed by atoms with van der Waals surface area (Å²) in [4.78, 5) is 59.4. The van der Waals surface area contributed by atoms with Crippen LogP contribution in [0.2, 0.25) is 0 Å². The predicted molar refractivity (Wildman–Crippen MR) is 102 cm³/mol. The number of hydrogen-bond donors (Lipinski definition) is 3. The average molecular weight is 423 g/mol. The average Bonchev–Trinajstić information content (AvgIpc) is 2.74. The lowest BCUT2D eigenvalue weighted by molar-refractivity contribution is -0.162. The molecule has 0 radical (unpaired) electrons. The fourth-order valence-corrected chi connectivity index (χ4v) is 2.58. The summed E-state index contributed by atoms with van der Waals surface area (Å²) in [5.74, 6) is -6.22. The van der Waals surface area contributed by atoms with Gasteiger partial charge >= 0.3 is 18.0 Å². The van der Waals surface area contributed by atoms with E-state index >= 15 is 0 Å². The number of nitrogens with two attached hydrogens (primary N) is 1. The summed E-state index contributed by atoms with van der Waals surface area (Å²) in [5, 5.41) is 4.51. The van der Waals surface area contributed by atoms with Crippen molar-refractivity contribution in [3.05, 3.63) is 35.9 Å². The summed E-state index contributed by atoms with van der Waals surface area (Å²) in [6.07, 6.45) is -0.848. The zero-order valence-electron chi connectivity index (χ0n) is 16.9. The van der Waals surface area contributed by atoms with E-state index in [2.05, 4.69) is 20.1 Å². The van der Waals surface area contributed by atoms with Crippen molar-refractivity contribution in [1.29, 1.82) is 0 Å². The van der Waals surface area contributed by atoms with Crippen LogP contribution in [0, 0.1) is 11.8 Å². The van der Waals surface area contributed by atoms with Gasteiger partial charge in [0.1, 0.15) is 19.2 Å². The third-order valence-corrected chi connectivity index (χ3v) is 4.19.